The summed E-state index contributed by atoms with van der Waals surface area (Å²) in [6, 6.07) is 7.62. The number of amides is 1. The van der Waals surface area contributed by atoms with E-state index in [2.05, 4.69) is 17.2 Å². The van der Waals surface area contributed by atoms with E-state index in [1.54, 1.807) is 6.07 Å². The Morgan fingerprint density at radius 3 is 2.95 bits per heavy atom. The van der Waals surface area contributed by atoms with Crippen LogP contribution in [0, 0.1) is 23.7 Å². The van der Waals surface area contributed by atoms with Gasteiger partial charge in [0.1, 0.15) is 6.61 Å². The molecule has 3 rings (SSSR count). The summed E-state index contributed by atoms with van der Waals surface area (Å²) in [7, 11) is 0. The van der Waals surface area contributed by atoms with E-state index >= 15 is 0 Å². The standard InChI is InChI=1S/C17H19NO2/c19-8-2-4-12-3-1-5-15(9-12)17(20)18-16-11-13-6-7-14(16)10-13/h1,3,5,9,13-14,16,19H,6-8,10-11H2,(H,18,20). The van der Waals surface area contributed by atoms with Crippen molar-refractivity contribution in [3.05, 3.63) is 35.4 Å². The van der Waals surface area contributed by atoms with E-state index in [0.717, 1.165) is 17.9 Å². The van der Waals surface area contributed by atoms with Crippen molar-refractivity contribution in [1.82, 2.24) is 5.32 Å². The average molecular weight is 269 g/mol. The monoisotopic (exact) mass is 269 g/mol. The fourth-order valence-corrected chi connectivity index (χ4v) is 3.55. The van der Waals surface area contributed by atoms with Gasteiger partial charge in [0.2, 0.25) is 0 Å². The third-order valence-electron chi connectivity index (χ3n) is 4.49. The summed E-state index contributed by atoms with van der Waals surface area (Å²) in [4.78, 5) is 12.3. The van der Waals surface area contributed by atoms with E-state index < -0.39 is 0 Å². The normalized spacial score (nSPS) is 26.9. The van der Waals surface area contributed by atoms with Crippen molar-refractivity contribution in [2.24, 2.45) is 11.8 Å². The molecule has 3 unspecified atom stereocenters. The highest BCUT2D eigenvalue weighted by Gasteiger charge is 2.40. The van der Waals surface area contributed by atoms with Gasteiger partial charge in [-0.25, -0.2) is 0 Å². The molecule has 0 radical (unpaired) electrons. The second kappa shape index (κ2) is 5.68. The van der Waals surface area contributed by atoms with Crippen LogP contribution >= 0.6 is 0 Å². The Kier molecular flexibility index (Phi) is 3.75. The predicted octanol–water partition coefficient (Wildman–Crippen LogP) is 1.95. The number of rotatable bonds is 2. The van der Waals surface area contributed by atoms with Crippen LogP contribution in [0.25, 0.3) is 0 Å². The summed E-state index contributed by atoms with van der Waals surface area (Å²) in [6.07, 6.45) is 5.02. The van der Waals surface area contributed by atoms with Gasteiger partial charge in [-0.05, 0) is 49.3 Å². The van der Waals surface area contributed by atoms with Crippen LogP contribution in [0.3, 0.4) is 0 Å². The fraction of sp³-hybridized carbons (Fsp3) is 0.471. The summed E-state index contributed by atoms with van der Waals surface area (Å²) in [5.41, 5.74) is 1.41. The Balaban J connectivity index is 1.68. The summed E-state index contributed by atoms with van der Waals surface area (Å²) < 4.78 is 0. The lowest BCUT2D eigenvalue weighted by Crippen LogP contribution is -2.38. The van der Waals surface area contributed by atoms with Crippen LogP contribution in [-0.2, 0) is 0 Å². The SMILES string of the molecule is O=C(NC1CC2CCC1C2)c1cccc(C#CCO)c1. The van der Waals surface area contributed by atoms with Crippen LogP contribution < -0.4 is 5.32 Å². The molecule has 1 aromatic rings. The molecule has 0 aliphatic heterocycles. The molecule has 0 spiro atoms. The second-order valence-electron chi connectivity index (χ2n) is 5.80. The van der Waals surface area contributed by atoms with Gasteiger partial charge in [0.05, 0.1) is 0 Å². The summed E-state index contributed by atoms with van der Waals surface area (Å²) in [6.45, 7) is -0.165. The van der Waals surface area contributed by atoms with E-state index in [0.29, 0.717) is 17.5 Å². The lowest BCUT2D eigenvalue weighted by Gasteiger charge is -2.22. The van der Waals surface area contributed by atoms with Gasteiger partial charge in [0.15, 0.2) is 0 Å². The van der Waals surface area contributed by atoms with Crippen molar-refractivity contribution in [1.29, 1.82) is 0 Å². The molecule has 0 saturated heterocycles. The molecule has 3 atom stereocenters. The number of aliphatic hydroxyl groups is 1. The first-order valence-corrected chi connectivity index (χ1v) is 7.27. The largest absolute Gasteiger partial charge is 0.384 e. The molecule has 2 aliphatic rings. The van der Waals surface area contributed by atoms with E-state index in [1.165, 1.54) is 19.3 Å². The molecule has 2 bridgehead atoms. The first kappa shape index (κ1) is 13.2. The zero-order chi connectivity index (χ0) is 13.9. The topological polar surface area (TPSA) is 49.3 Å². The minimum Gasteiger partial charge on any atom is -0.384 e. The third kappa shape index (κ3) is 2.71. The van der Waals surface area contributed by atoms with Crippen molar-refractivity contribution in [2.45, 2.75) is 31.7 Å². The molecular weight excluding hydrogens is 250 g/mol. The van der Waals surface area contributed by atoms with Crippen LogP contribution in [0.4, 0.5) is 0 Å². The highest BCUT2D eigenvalue weighted by molar-refractivity contribution is 5.94. The molecule has 20 heavy (non-hydrogen) atoms. The van der Waals surface area contributed by atoms with Gasteiger partial charge in [0.25, 0.3) is 5.91 Å². The summed E-state index contributed by atoms with van der Waals surface area (Å²) in [5.74, 6) is 6.93. The number of fused-ring (bicyclic) bond motifs is 2. The zero-order valence-corrected chi connectivity index (χ0v) is 11.4. The van der Waals surface area contributed by atoms with Gasteiger partial charge in [-0.3, -0.25) is 4.79 Å². The lowest BCUT2D eigenvalue weighted by atomic mass is 9.95. The average Bonchev–Trinajstić information content (AvgIpc) is 3.08. The molecule has 104 valence electrons. The van der Waals surface area contributed by atoms with E-state index in [-0.39, 0.29) is 12.5 Å². The van der Waals surface area contributed by atoms with Gasteiger partial charge in [0, 0.05) is 17.2 Å². The number of carbonyl (C=O) groups is 1. The molecule has 2 aliphatic carbocycles. The van der Waals surface area contributed by atoms with Crippen LogP contribution in [0.2, 0.25) is 0 Å². The van der Waals surface area contributed by atoms with Gasteiger partial charge in [-0.2, -0.15) is 0 Å². The van der Waals surface area contributed by atoms with Crippen molar-refractivity contribution < 1.29 is 9.90 Å². The van der Waals surface area contributed by atoms with Crippen LogP contribution in [-0.4, -0.2) is 23.7 Å². The maximum atomic E-state index is 12.3. The maximum Gasteiger partial charge on any atom is 0.251 e. The fourth-order valence-electron chi connectivity index (χ4n) is 3.55. The van der Waals surface area contributed by atoms with E-state index in [1.807, 2.05) is 18.2 Å². The highest BCUT2D eigenvalue weighted by atomic mass is 16.2. The van der Waals surface area contributed by atoms with Crippen LogP contribution in [0.1, 0.15) is 41.6 Å². The molecular formula is C17H19NO2. The quantitative estimate of drug-likeness (QED) is 0.806. The third-order valence-corrected chi connectivity index (χ3v) is 4.49. The molecule has 1 amide bonds. The van der Waals surface area contributed by atoms with Crippen LogP contribution in [0.5, 0.6) is 0 Å². The molecule has 1 aromatic carbocycles. The highest BCUT2D eigenvalue weighted by Crippen LogP contribution is 2.44. The Hall–Kier alpha value is -1.79. The lowest BCUT2D eigenvalue weighted by molar-refractivity contribution is 0.0923. The Labute approximate surface area is 119 Å². The van der Waals surface area contributed by atoms with Crippen molar-refractivity contribution in [3.8, 4) is 11.8 Å². The van der Waals surface area contributed by atoms with Crippen molar-refractivity contribution >= 4 is 5.91 Å². The first-order chi connectivity index (χ1) is 9.76. The molecule has 2 saturated carbocycles. The number of hydrogen-bond donors (Lipinski definition) is 2. The number of carbonyl (C=O) groups excluding carboxylic acids is 1. The summed E-state index contributed by atoms with van der Waals surface area (Å²) in [5, 5.41) is 11.9. The number of hydrogen-bond acceptors (Lipinski definition) is 2. The van der Waals surface area contributed by atoms with Crippen molar-refractivity contribution in [3.63, 3.8) is 0 Å². The first-order valence-electron chi connectivity index (χ1n) is 7.27. The Morgan fingerprint density at radius 1 is 1.35 bits per heavy atom. The number of benzene rings is 1. The molecule has 2 N–H and O–H groups in total. The summed E-state index contributed by atoms with van der Waals surface area (Å²) >= 11 is 0. The van der Waals surface area contributed by atoms with Gasteiger partial charge in [-0.15, -0.1) is 0 Å². The zero-order valence-electron chi connectivity index (χ0n) is 11.4. The molecule has 0 aromatic heterocycles. The Bertz CT molecular complexity index is 570. The van der Waals surface area contributed by atoms with E-state index in [9.17, 15) is 4.79 Å². The van der Waals surface area contributed by atoms with Gasteiger partial charge in [-0.1, -0.05) is 24.3 Å². The minimum absolute atomic E-state index is 0.00445. The predicted molar refractivity (Wildman–Crippen MR) is 77.1 cm³/mol. The molecule has 2 fully saturated rings. The Morgan fingerprint density at radius 2 is 2.25 bits per heavy atom. The number of nitrogens with one attached hydrogen (secondary N) is 1. The van der Waals surface area contributed by atoms with Crippen LogP contribution in [0.15, 0.2) is 24.3 Å². The van der Waals surface area contributed by atoms with Gasteiger partial charge >= 0.3 is 0 Å². The maximum absolute atomic E-state index is 12.3. The van der Waals surface area contributed by atoms with Gasteiger partial charge < -0.3 is 10.4 Å². The number of aliphatic hydroxyl groups excluding tert-OH is 1. The molecule has 3 heteroatoms. The minimum atomic E-state index is -0.165. The smallest absolute Gasteiger partial charge is 0.251 e. The molecule has 3 nitrogen and oxygen atoms in total. The van der Waals surface area contributed by atoms with Crippen molar-refractivity contribution in [2.75, 3.05) is 6.61 Å². The van der Waals surface area contributed by atoms with E-state index in [4.69, 9.17) is 5.11 Å². The second-order valence-corrected chi connectivity index (χ2v) is 5.80. The molecule has 0 heterocycles.